The molecule has 4 nitrogen and oxygen atoms in total. The molecule has 4 heteroatoms. The van der Waals surface area contributed by atoms with E-state index in [1.165, 1.54) is 11.1 Å². The first-order valence-electron chi connectivity index (χ1n) is 8.46. The van der Waals surface area contributed by atoms with Gasteiger partial charge in [-0.1, -0.05) is 42.5 Å². The lowest BCUT2D eigenvalue weighted by molar-refractivity contribution is -0.130. The van der Waals surface area contributed by atoms with Crippen LogP contribution in [0, 0.1) is 0 Å². The molecule has 1 atom stereocenters. The molecule has 1 amide bonds. The number of carbonyl (C=O) groups is 1. The van der Waals surface area contributed by atoms with E-state index < -0.39 is 6.10 Å². The van der Waals surface area contributed by atoms with E-state index in [0.717, 1.165) is 18.7 Å². The van der Waals surface area contributed by atoms with Gasteiger partial charge < -0.3 is 14.9 Å². The molecule has 2 aromatic carbocycles. The SMILES string of the molecule is CC(O)CN(CC(=O)N1CCc2ccccc2C1)c1ccccc1. The first kappa shape index (κ1) is 16.5. The molecular weight excluding hydrogens is 300 g/mol. The fraction of sp³-hybridized carbons (Fsp3) is 0.350. The predicted molar refractivity (Wildman–Crippen MR) is 95.9 cm³/mol. The smallest absolute Gasteiger partial charge is 0.242 e. The van der Waals surface area contributed by atoms with Crippen LogP contribution in [0.5, 0.6) is 0 Å². The third-order valence-corrected chi connectivity index (χ3v) is 4.42. The molecule has 0 fully saturated rings. The Labute approximate surface area is 143 Å². The van der Waals surface area contributed by atoms with Crippen LogP contribution >= 0.6 is 0 Å². The number of fused-ring (bicyclic) bond motifs is 1. The van der Waals surface area contributed by atoms with Gasteiger partial charge in [0.15, 0.2) is 0 Å². The minimum atomic E-state index is -0.486. The molecule has 126 valence electrons. The van der Waals surface area contributed by atoms with Crippen LogP contribution in [-0.4, -0.2) is 41.7 Å². The van der Waals surface area contributed by atoms with Gasteiger partial charge in [-0.3, -0.25) is 4.79 Å². The molecule has 1 aliphatic heterocycles. The van der Waals surface area contributed by atoms with Gasteiger partial charge in [-0.15, -0.1) is 0 Å². The molecule has 1 unspecified atom stereocenters. The summed E-state index contributed by atoms with van der Waals surface area (Å²) >= 11 is 0. The van der Waals surface area contributed by atoms with Crippen molar-refractivity contribution in [3.8, 4) is 0 Å². The van der Waals surface area contributed by atoms with Gasteiger partial charge in [0.25, 0.3) is 0 Å². The maximum Gasteiger partial charge on any atom is 0.242 e. The Bertz CT molecular complexity index is 685. The summed E-state index contributed by atoms with van der Waals surface area (Å²) < 4.78 is 0. The van der Waals surface area contributed by atoms with E-state index in [1.54, 1.807) is 6.92 Å². The lowest BCUT2D eigenvalue weighted by Gasteiger charge is -2.32. The molecule has 1 N–H and O–H groups in total. The number of aliphatic hydroxyl groups is 1. The minimum absolute atomic E-state index is 0.106. The zero-order chi connectivity index (χ0) is 16.9. The third-order valence-electron chi connectivity index (χ3n) is 4.42. The molecule has 0 aliphatic carbocycles. The van der Waals surface area contributed by atoms with Crippen molar-refractivity contribution in [1.29, 1.82) is 0 Å². The summed E-state index contributed by atoms with van der Waals surface area (Å²) in [6, 6.07) is 18.1. The number of aliphatic hydroxyl groups excluding tert-OH is 1. The molecule has 0 saturated heterocycles. The number of hydrogen-bond donors (Lipinski definition) is 1. The fourth-order valence-corrected chi connectivity index (χ4v) is 3.19. The van der Waals surface area contributed by atoms with Crippen molar-refractivity contribution in [2.75, 3.05) is 24.5 Å². The monoisotopic (exact) mass is 324 g/mol. The highest BCUT2D eigenvalue weighted by Gasteiger charge is 2.22. The fourth-order valence-electron chi connectivity index (χ4n) is 3.19. The summed E-state index contributed by atoms with van der Waals surface area (Å²) in [5.41, 5.74) is 3.54. The number of benzene rings is 2. The van der Waals surface area contributed by atoms with E-state index in [1.807, 2.05) is 46.2 Å². The second-order valence-electron chi connectivity index (χ2n) is 6.40. The van der Waals surface area contributed by atoms with Gasteiger partial charge in [0.1, 0.15) is 0 Å². The second-order valence-corrected chi connectivity index (χ2v) is 6.40. The third kappa shape index (κ3) is 3.95. The van der Waals surface area contributed by atoms with E-state index in [4.69, 9.17) is 0 Å². The summed E-state index contributed by atoms with van der Waals surface area (Å²) in [5, 5.41) is 9.77. The Hall–Kier alpha value is -2.33. The van der Waals surface area contributed by atoms with Crippen molar-refractivity contribution in [2.45, 2.75) is 26.0 Å². The highest BCUT2D eigenvalue weighted by Crippen LogP contribution is 2.20. The van der Waals surface area contributed by atoms with Gasteiger partial charge in [0.2, 0.25) is 5.91 Å². The number of anilines is 1. The largest absolute Gasteiger partial charge is 0.392 e. The summed E-state index contributed by atoms with van der Waals surface area (Å²) in [6.07, 6.45) is 0.420. The number of nitrogens with zero attached hydrogens (tertiary/aromatic N) is 2. The number of amides is 1. The van der Waals surface area contributed by atoms with Crippen molar-refractivity contribution in [1.82, 2.24) is 4.90 Å². The van der Waals surface area contributed by atoms with Gasteiger partial charge >= 0.3 is 0 Å². The molecule has 1 heterocycles. The summed E-state index contributed by atoms with van der Waals surface area (Å²) in [5.74, 6) is 0.106. The Balaban J connectivity index is 1.70. The Morgan fingerprint density at radius 1 is 1.12 bits per heavy atom. The first-order valence-corrected chi connectivity index (χ1v) is 8.46. The van der Waals surface area contributed by atoms with Crippen molar-refractivity contribution in [2.24, 2.45) is 0 Å². The molecule has 0 spiro atoms. The average molecular weight is 324 g/mol. The molecule has 2 aromatic rings. The normalized spacial score (nSPS) is 14.8. The molecular formula is C20H24N2O2. The Kier molecular flexibility index (Phi) is 5.16. The molecule has 0 aromatic heterocycles. The Morgan fingerprint density at radius 2 is 1.79 bits per heavy atom. The van der Waals surface area contributed by atoms with Crippen LogP contribution in [-0.2, 0) is 17.8 Å². The van der Waals surface area contributed by atoms with Crippen LogP contribution in [0.4, 0.5) is 5.69 Å². The van der Waals surface area contributed by atoms with Crippen LogP contribution < -0.4 is 4.90 Å². The van der Waals surface area contributed by atoms with Gasteiger partial charge in [0, 0.05) is 25.3 Å². The highest BCUT2D eigenvalue weighted by molar-refractivity contribution is 5.81. The minimum Gasteiger partial charge on any atom is -0.392 e. The molecule has 1 aliphatic rings. The topological polar surface area (TPSA) is 43.8 Å². The zero-order valence-electron chi connectivity index (χ0n) is 14.1. The van der Waals surface area contributed by atoms with E-state index >= 15 is 0 Å². The molecule has 24 heavy (non-hydrogen) atoms. The van der Waals surface area contributed by atoms with Crippen molar-refractivity contribution in [3.05, 3.63) is 65.7 Å². The summed E-state index contributed by atoms with van der Waals surface area (Å²) in [4.78, 5) is 16.6. The molecule has 0 bridgehead atoms. The highest BCUT2D eigenvalue weighted by atomic mass is 16.3. The number of rotatable bonds is 5. The zero-order valence-corrected chi connectivity index (χ0v) is 14.1. The maximum absolute atomic E-state index is 12.8. The van der Waals surface area contributed by atoms with E-state index in [-0.39, 0.29) is 12.5 Å². The number of para-hydroxylation sites is 1. The lowest BCUT2D eigenvalue weighted by atomic mass is 10.00. The van der Waals surface area contributed by atoms with Crippen molar-refractivity contribution < 1.29 is 9.90 Å². The van der Waals surface area contributed by atoms with Crippen LogP contribution in [0.2, 0.25) is 0 Å². The number of hydrogen-bond acceptors (Lipinski definition) is 3. The molecule has 0 saturated carbocycles. The van der Waals surface area contributed by atoms with Crippen LogP contribution in [0.3, 0.4) is 0 Å². The van der Waals surface area contributed by atoms with Gasteiger partial charge in [-0.05, 0) is 36.6 Å². The van der Waals surface area contributed by atoms with Crippen LogP contribution in [0.1, 0.15) is 18.1 Å². The maximum atomic E-state index is 12.8. The Morgan fingerprint density at radius 3 is 2.50 bits per heavy atom. The van der Waals surface area contributed by atoms with Gasteiger partial charge in [0.05, 0.1) is 12.6 Å². The van der Waals surface area contributed by atoms with Crippen molar-refractivity contribution >= 4 is 11.6 Å². The second kappa shape index (κ2) is 7.49. The van der Waals surface area contributed by atoms with Crippen LogP contribution in [0.25, 0.3) is 0 Å². The summed E-state index contributed by atoms with van der Waals surface area (Å²) in [7, 11) is 0. The predicted octanol–water partition coefficient (Wildman–Crippen LogP) is 2.46. The van der Waals surface area contributed by atoms with E-state index in [2.05, 4.69) is 18.2 Å². The average Bonchev–Trinajstić information content (AvgIpc) is 2.61. The molecule has 0 radical (unpaired) electrons. The van der Waals surface area contributed by atoms with Gasteiger partial charge in [-0.25, -0.2) is 0 Å². The van der Waals surface area contributed by atoms with Crippen molar-refractivity contribution in [3.63, 3.8) is 0 Å². The van der Waals surface area contributed by atoms with E-state index in [0.29, 0.717) is 13.1 Å². The number of carbonyl (C=O) groups excluding carboxylic acids is 1. The quantitative estimate of drug-likeness (QED) is 0.919. The summed E-state index contributed by atoms with van der Waals surface area (Å²) in [6.45, 7) is 3.91. The van der Waals surface area contributed by atoms with Gasteiger partial charge in [-0.2, -0.15) is 0 Å². The lowest BCUT2D eigenvalue weighted by Crippen LogP contribution is -2.44. The van der Waals surface area contributed by atoms with E-state index in [9.17, 15) is 9.90 Å². The molecule has 3 rings (SSSR count). The first-order chi connectivity index (χ1) is 11.6. The van der Waals surface area contributed by atoms with Crippen LogP contribution in [0.15, 0.2) is 54.6 Å². The standard InChI is InChI=1S/C20H24N2O2/c1-16(23)13-22(19-9-3-2-4-10-19)15-20(24)21-12-11-17-7-5-6-8-18(17)14-21/h2-10,16,23H,11-15H2,1H3.